The maximum Gasteiger partial charge on any atom is 0.0145 e. The van der Waals surface area contributed by atoms with E-state index < -0.39 is 0 Å². The second-order valence-corrected chi connectivity index (χ2v) is 3.87. The van der Waals surface area contributed by atoms with Crippen molar-refractivity contribution in [3.05, 3.63) is 0 Å². The molecule has 1 heterocycles. The summed E-state index contributed by atoms with van der Waals surface area (Å²) in [6.07, 6.45) is 2.79. The number of hydrogen-bond acceptors (Lipinski definition) is 2. The van der Waals surface area contributed by atoms with Crippen LogP contribution in [0.4, 0.5) is 0 Å². The molecule has 2 aliphatic rings. The maximum absolute atomic E-state index is 3.51. The Kier molecular flexibility index (Phi) is 1.46. The molecule has 3 atom stereocenters. The van der Waals surface area contributed by atoms with E-state index in [0.29, 0.717) is 0 Å². The summed E-state index contributed by atoms with van der Waals surface area (Å²) in [7, 11) is 4.40. The first-order valence-corrected chi connectivity index (χ1v) is 4.17. The Balaban J connectivity index is 2.02. The lowest BCUT2D eigenvalue weighted by atomic mass is 10.0. The first-order valence-electron chi connectivity index (χ1n) is 4.17. The summed E-state index contributed by atoms with van der Waals surface area (Å²) >= 11 is 0. The fourth-order valence-electron chi connectivity index (χ4n) is 2.44. The van der Waals surface area contributed by atoms with Crippen molar-refractivity contribution in [1.82, 2.24) is 10.2 Å². The SMILES string of the molecule is CN(C)[C@@H]1C[C@H]2C[C@H]1CN2. The molecule has 2 fully saturated rings. The average molecular weight is 140 g/mol. The van der Waals surface area contributed by atoms with E-state index in [1.807, 2.05) is 0 Å². The van der Waals surface area contributed by atoms with Crippen molar-refractivity contribution in [2.45, 2.75) is 24.9 Å². The van der Waals surface area contributed by atoms with Gasteiger partial charge in [0, 0.05) is 12.1 Å². The van der Waals surface area contributed by atoms with E-state index in [2.05, 4.69) is 24.3 Å². The molecule has 2 nitrogen and oxygen atoms in total. The van der Waals surface area contributed by atoms with Crippen molar-refractivity contribution in [1.29, 1.82) is 0 Å². The Morgan fingerprint density at radius 2 is 2.10 bits per heavy atom. The van der Waals surface area contributed by atoms with Crippen LogP contribution >= 0.6 is 0 Å². The molecule has 10 heavy (non-hydrogen) atoms. The van der Waals surface area contributed by atoms with Crippen molar-refractivity contribution >= 4 is 0 Å². The van der Waals surface area contributed by atoms with Gasteiger partial charge in [-0.1, -0.05) is 0 Å². The third-order valence-electron chi connectivity index (χ3n) is 2.99. The molecule has 0 unspecified atom stereocenters. The van der Waals surface area contributed by atoms with E-state index in [9.17, 15) is 0 Å². The summed E-state index contributed by atoms with van der Waals surface area (Å²) in [6, 6.07) is 1.71. The molecule has 0 amide bonds. The Morgan fingerprint density at radius 3 is 2.40 bits per heavy atom. The summed E-state index contributed by atoms with van der Waals surface area (Å²) in [5.41, 5.74) is 0. The van der Waals surface area contributed by atoms with Crippen LogP contribution in [0, 0.1) is 5.92 Å². The first-order chi connectivity index (χ1) is 4.77. The van der Waals surface area contributed by atoms with Crippen molar-refractivity contribution in [2.75, 3.05) is 20.6 Å². The van der Waals surface area contributed by atoms with Crippen molar-refractivity contribution < 1.29 is 0 Å². The summed E-state index contributed by atoms with van der Waals surface area (Å²) < 4.78 is 0. The van der Waals surface area contributed by atoms with Crippen LogP contribution in [0.3, 0.4) is 0 Å². The Bertz CT molecular complexity index is 133. The van der Waals surface area contributed by atoms with Crippen LogP contribution < -0.4 is 5.32 Å². The summed E-state index contributed by atoms with van der Waals surface area (Å²) in [4.78, 5) is 2.38. The van der Waals surface area contributed by atoms with Gasteiger partial charge in [0.25, 0.3) is 0 Å². The number of hydrogen-bond donors (Lipinski definition) is 1. The first kappa shape index (κ1) is 6.62. The molecule has 1 N–H and O–H groups in total. The largest absolute Gasteiger partial charge is 0.314 e. The zero-order valence-electron chi connectivity index (χ0n) is 6.80. The fourth-order valence-corrected chi connectivity index (χ4v) is 2.44. The highest BCUT2D eigenvalue weighted by molar-refractivity contribution is 4.98. The molecule has 2 rings (SSSR count). The minimum absolute atomic E-state index is 0.845. The highest BCUT2D eigenvalue weighted by Crippen LogP contribution is 2.33. The zero-order chi connectivity index (χ0) is 7.14. The van der Waals surface area contributed by atoms with Gasteiger partial charge in [-0.15, -0.1) is 0 Å². The number of fused-ring (bicyclic) bond motifs is 2. The highest BCUT2D eigenvalue weighted by Gasteiger charge is 2.39. The van der Waals surface area contributed by atoms with Crippen LogP contribution in [0.2, 0.25) is 0 Å². The lowest BCUT2D eigenvalue weighted by Crippen LogP contribution is -2.40. The normalized spacial score (nSPS) is 45.3. The van der Waals surface area contributed by atoms with Crippen LogP contribution in [0.1, 0.15) is 12.8 Å². The van der Waals surface area contributed by atoms with E-state index in [1.165, 1.54) is 19.4 Å². The van der Waals surface area contributed by atoms with Gasteiger partial charge in [-0.25, -0.2) is 0 Å². The fraction of sp³-hybridized carbons (Fsp3) is 1.00. The van der Waals surface area contributed by atoms with Gasteiger partial charge in [-0.2, -0.15) is 0 Å². The van der Waals surface area contributed by atoms with Crippen LogP contribution in [0.25, 0.3) is 0 Å². The highest BCUT2D eigenvalue weighted by atomic mass is 15.1. The topological polar surface area (TPSA) is 15.3 Å². The lowest BCUT2D eigenvalue weighted by molar-refractivity contribution is 0.220. The van der Waals surface area contributed by atoms with Crippen LogP contribution in [0.5, 0.6) is 0 Å². The predicted molar refractivity (Wildman–Crippen MR) is 42.0 cm³/mol. The molecular formula is C8H16N2. The molecule has 1 aliphatic heterocycles. The number of nitrogens with one attached hydrogen (secondary N) is 1. The van der Waals surface area contributed by atoms with Crippen molar-refractivity contribution in [3.63, 3.8) is 0 Å². The molecule has 58 valence electrons. The molecule has 1 saturated heterocycles. The lowest BCUT2D eigenvalue weighted by Gasteiger charge is -2.28. The standard InChI is InChI=1S/C8H16N2/c1-10(2)8-4-7-3-6(8)5-9-7/h6-9H,3-5H2,1-2H3/t6-,7+,8+/m0/s1. The smallest absolute Gasteiger partial charge is 0.0145 e. The maximum atomic E-state index is 3.51. The Morgan fingerprint density at radius 1 is 1.30 bits per heavy atom. The molecule has 0 spiro atoms. The van der Waals surface area contributed by atoms with Gasteiger partial charge in [0.2, 0.25) is 0 Å². The third kappa shape index (κ3) is 0.867. The van der Waals surface area contributed by atoms with Crippen molar-refractivity contribution in [3.8, 4) is 0 Å². The molecule has 0 aromatic heterocycles. The molecule has 1 saturated carbocycles. The number of piperidine rings is 1. The summed E-state index contributed by atoms with van der Waals surface area (Å²) in [5, 5.41) is 3.51. The van der Waals surface area contributed by atoms with Crippen LogP contribution in [-0.2, 0) is 0 Å². The van der Waals surface area contributed by atoms with Gasteiger partial charge in [0.05, 0.1) is 0 Å². The minimum Gasteiger partial charge on any atom is -0.314 e. The Labute approximate surface area is 62.6 Å². The van der Waals surface area contributed by atoms with Gasteiger partial charge >= 0.3 is 0 Å². The van der Waals surface area contributed by atoms with Crippen molar-refractivity contribution in [2.24, 2.45) is 5.92 Å². The van der Waals surface area contributed by atoms with Gasteiger partial charge in [-0.3, -0.25) is 0 Å². The summed E-state index contributed by atoms with van der Waals surface area (Å²) in [5.74, 6) is 0.944. The van der Waals surface area contributed by atoms with Gasteiger partial charge in [0.1, 0.15) is 0 Å². The van der Waals surface area contributed by atoms with E-state index in [4.69, 9.17) is 0 Å². The van der Waals surface area contributed by atoms with Gasteiger partial charge < -0.3 is 10.2 Å². The van der Waals surface area contributed by atoms with E-state index in [0.717, 1.165) is 18.0 Å². The molecule has 1 aliphatic carbocycles. The molecule has 0 aromatic carbocycles. The van der Waals surface area contributed by atoms with E-state index in [1.54, 1.807) is 0 Å². The molecule has 0 radical (unpaired) electrons. The Hall–Kier alpha value is -0.0800. The number of nitrogens with zero attached hydrogens (tertiary/aromatic N) is 1. The van der Waals surface area contributed by atoms with Gasteiger partial charge in [0.15, 0.2) is 0 Å². The average Bonchev–Trinajstić information content (AvgIpc) is 2.44. The van der Waals surface area contributed by atoms with Crippen LogP contribution in [-0.4, -0.2) is 37.6 Å². The second-order valence-electron chi connectivity index (χ2n) is 3.87. The van der Waals surface area contributed by atoms with E-state index >= 15 is 0 Å². The number of rotatable bonds is 1. The molecule has 0 aromatic rings. The second kappa shape index (κ2) is 2.21. The molecule has 2 bridgehead atoms. The van der Waals surface area contributed by atoms with Gasteiger partial charge in [-0.05, 0) is 39.4 Å². The monoisotopic (exact) mass is 140 g/mol. The molecule has 2 heteroatoms. The van der Waals surface area contributed by atoms with Crippen LogP contribution in [0.15, 0.2) is 0 Å². The zero-order valence-corrected chi connectivity index (χ0v) is 6.80. The third-order valence-corrected chi connectivity index (χ3v) is 2.99. The quantitative estimate of drug-likeness (QED) is 0.563. The predicted octanol–water partition coefficient (Wildman–Crippen LogP) is 0.298. The minimum atomic E-state index is 0.845. The van der Waals surface area contributed by atoms with E-state index in [-0.39, 0.29) is 0 Å². The summed E-state index contributed by atoms with van der Waals surface area (Å²) in [6.45, 7) is 1.26. The molecular weight excluding hydrogens is 124 g/mol.